The Labute approximate surface area is 159 Å². The highest BCUT2D eigenvalue weighted by molar-refractivity contribution is 7.89. The van der Waals surface area contributed by atoms with Gasteiger partial charge in [0.15, 0.2) is 0 Å². The average molecular weight is 385 g/mol. The third-order valence-corrected chi connectivity index (χ3v) is 6.54. The number of aromatic nitrogens is 2. The molecule has 0 spiro atoms. The number of imidazole rings is 1. The van der Waals surface area contributed by atoms with Crippen molar-refractivity contribution in [1.82, 2.24) is 14.1 Å². The summed E-state index contributed by atoms with van der Waals surface area (Å²) in [5.41, 5.74) is 1.60. The molecule has 0 amide bonds. The number of sulfonamides is 1. The number of benzene rings is 1. The van der Waals surface area contributed by atoms with Crippen LogP contribution >= 0.6 is 0 Å². The van der Waals surface area contributed by atoms with Gasteiger partial charge in [0, 0.05) is 6.20 Å². The molecule has 27 heavy (non-hydrogen) atoms. The Morgan fingerprint density at radius 2 is 2.04 bits per heavy atom. The normalized spacial score (nSPS) is 15.4. The third kappa shape index (κ3) is 3.84. The fourth-order valence-electron chi connectivity index (χ4n) is 3.56. The van der Waals surface area contributed by atoms with Crippen molar-refractivity contribution in [3.05, 3.63) is 60.2 Å². The van der Waals surface area contributed by atoms with E-state index in [2.05, 4.69) is 9.71 Å². The van der Waals surface area contributed by atoms with Crippen molar-refractivity contribution in [2.24, 2.45) is 0 Å². The van der Waals surface area contributed by atoms with Crippen LogP contribution in [0.1, 0.15) is 37.1 Å². The summed E-state index contributed by atoms with van der Waals surface area (Å²) in [5.74, 6) is 1.38. The molecule has 0 unspecified atom stereocenters. The zero-order chi connectivity index (χ0) is 18.9. The predicted molar refractivity (Wildman–Crippen MR) is 103 cm³/mol. The molecule has 0 saturated heterocycles. The Kier molecular flexibility index (Phi) is 4.88. The Morgan fingerprint density at radius 3 is 2.81 bits per heavy atom. The van der Waals surface area contributed by atoms with E-state index in [1.165, 1.54) is 12.8 Å². The van der Waals surface area contributed by atoms with Gasteiger partial charge in [-0.3, -0.25) is 0 Å². The van der Waals surface area contributed by atoms with Gasteiger partial charge in [-0.15, -0.1) is 0 Å². The van der Waals surface area contributed by atoms with Gasteiger partial charge < -0.3 is 9.14 Å². The second-order valence-corrected chi connectivity index (χ2v) is 8.68. The molecule has 0 radical (unpaired) electrons. The van der Waals surface area contributed by atoms with Crippen molar-refractivity contribution >= 4 is 15.5 Å². The SMILES string of the molecule is Cc1cc(OC2CCCC2)ccc1S(=O)(=O)NCc1ncc2ccccn12. The summed E-state index contributed by atoms with van der Waals surface area (Å²) in [7, 11) is -3.64. The number of nitrogens with zero attached hydrogens (tertiary/aromatic N) is 2. The lowest BCUT2D eigenvalue weighted by Crippen LogP contribution is -2.25. The number of nitrogens with one attached hydrogen (secondary N) is 1. The molecule has 2 aromatic heterocycles. The molecule has 1 N–H and O–H groups in total. The zero-order valence-corrected chi connectivity index (χ0v) is 16.1. The summed E-state index contributed by atoms with van der Waals surface area (Å²) in [4.78, 5) is 4.57. The van der Waals surface area contributed by atoms with E-state index in [4.69, 9.17) is 4.74 Å². The first-order valence-electron chi connectivity index (χ1n) is 9.21. The van der Waals surface area contributed by atoms with E-state index < -0.39 is 10.0 Å². The maximum atomic E-state index is 12.8. The van der Waals surface area contributed by atoms with Crippen LogP contribution in [0.4, 0.5) is 0 Å². The zero-order valence-electron chi connectivity index (χ0n) is 15.3. The minimum atomic E-state index is -3.64. The van der Waals surface area contributed by atoms with Crippen LogP contribution in [0, 0.1) is 6.92 Å². The number of rotatable bonds is 6. The molecule has 0 bridgehead atoms. The van der Waals surface area contributed by atoms with Crippen molar-refractivity contribution in [2.75, 3.05) is 0 Å². The molecule has 2 heterocycles. The quantitative estimate of drug-likeness (QED) is 0.705. The van der Waals surface area contributed by atoms with Crippen LogP contribution < -0.4 is 9.46 Å². The van der Waals surface area contributed by atoms with Crippen LogP contribution in [-0.2, 0) is 16.6 Å². The van der Waals surface area contributed by atoms with Crippen LogP contribution in [0.25, 0.3) is 5.52 Å². The number of ether oxygens (including phenoxy) is 1. The van der Waals surface area contributed by atoms with Crippen molar-refractivity contribution < 1.29 is 13.2 Å². The smallest absolute Gasteiger partial charge is 0.241 e. The molecule has 0 atom stereocenters. The first kappa shape index (κ1) is 18.0. The number of hydrogen-bond donors (Lipinski definition) is 1. The summed E-state index contributed by atoms with van der Waals surface area (Å²) in [6, 6.07) is 10.9. The lowest BCUT2D eigenvalue weighted by molar-refractivity contribution is 0.210. The van der Waals surface area contributed by atoms with Gasteiger partial charge in [-0.05, 0) is 68.5 Å². The minimum Gasteiger partial charge on any atom is -0.490 e. The lowest BCUT2D eigenvalue weighted by Gasteiger charge is -2.15. The fourth-order valence-corrected chi connectivity index (χ4v) is 4.77. The van der Waals surface area contributed by atoms with Gasteiger partial charge in [-0.25, -0.2) is 18.1 Å². The molecular formula is C20H23N3O3S. The van der Waals surface area contributed by atoms with E-state index in [9.17, 15) is 8.42 Å². The average Bonchev–Trinajstić information content (AvgIpc) is 3.29. The van der Waals surface area contributed by atoms with Gasteiger partial charge in [0.1, 0.15) is 11.6 Å². The van der Waals surface area contributed by atoms with Crippen LogP contribution in [0.15, 0.2) is 53.7 Å². The van der Waals surface area contributed by atoms with Crippen LogP contribution in [0.3, 0.4) is 0 Å². The Morgan fingerprint density at radius 1 is 1.22 bits per heavy atom. The highest BCUT2D eigenvalue weighted by atomic mass is 32.2. The van der Waals surface area contributed by atoms with Crippen molar-refractivity contribution in [2.45, 2.75) is 50.2 Å². The van der Waals surface area contributed by atoms with Crippen LogP contribution in [0.2, 0.25) is 0 Å². The second kappa shape index (κ2) is 7.32. The van der Waals surface area contributed by atoms with E-state index >= 15 is 0 Å². The maximum absolute atomic E-state index is 12.8. The molecule has 1 aliphatic carbocycles. The summed E-state index contributed by atoms with van der Waals surface area (Å²) in [5, 5.41) is 0. The fraction of sp³-hybridized carbons (Fsp3) is 0.350. The van der Waals surface area contributed by atoms with E-state index in [-0.39, 0.29) is 17.5 Å². The Bertz CT molecular complexity index is 1050. The number of fused-ring (bicyclic) bond motifs is 1. The number of pyridine rings is 1. The van der Waals surface area contributed by atoms with E-state index in [0.717, 1.165) is 24.1 Å². The largest absolute Gasteiger partial charge is 0.490 e. The van der Waals surface area contributed by atoms with E-state index in [1.807, 2.05) is 28.8 Å². The monoisotopic (exact) mass is 385 g/mol. The van der Waals surface area contributed by atoms with Gasteiger partial charge in [0.05, 0.1) is 29.3 Å². The highest BCUT2D eigenvalue weighted by Crippen LogP contribution is 2.27. The molecule has 3 aromatic rings. The highest BCUT2D eigenvalue weighted by Gasteiger charge is 2.20. The van der Waals surface area contributed by atoms with Gasteiger partial charge in [0.25, 0.3) is 0 Å². The van der Waals surface area contributed by atoms with Crippen LogP contribution in [-0.4, -0.2) is 23.9 Å². The molecular weight excluding hydrogens is 362 g/mol. The molecule has 4 rings (SSSR count). The first-order valence-corrected chi connectivity index (χ1v) is 10.7. The second-order valence-electron chi connectivity index (χ2n) is 6.95. The molecule has 1 aromatic carbocycles. The number of aryl methyl sites for hydroxylation is 1. The van der Waals surface area contributed by atoms with Gasteiger partial charge in [-0.1, -0.05) is 6.07 Å². The van der Waals surface area contributed by atoms with E-state index in [0.29, 0.717) is 11.4 Å². The molecule has 6 nitrogen and oxygen atoms in total. The molecule has 1 fully saturated rings. The summed E-state index contributed by atoms with van der Waals surface area (Å²) in [6.45, 7) is 1.92. The van der Waals surface area contributed by atoms with Crippen molar-refractivity contribution in [1.29, 1.82) is 0 Å². The predicted octanol–water partition coefficient (Wildman–Crippen LogP) is 3.44. The summed E-state index contributed by atoms with van der Waals surface area (Å²) < 4.78 is 36.0. The molecule has 7 heteroatoms. The minimum absolute atomic E-state index is 0.125. The molecule has 142 valence electrons. The number of hydrogen-bond acceptors (Lipinski definition) is 4. The topological polar surface area (TPSA) is 72.7 Å². The Hall–Kier alpha value is -2.38. The van der Waals surface area contributed by atoms with Gasteiger partial charge in [0.2, 0.25) is 10.0 Å². The summed E-state index contributed by atoms with van der Waals surface area (Å²) >= 11 is 0. The molecule has 1 aliphatic rings. The molecule has 0 aliphatic heterocycles. The van der Waals surface area contributed by atoms with E-state index in [1.54, 1.807) is 31.3 Å². The standard InChI is InChI=1S/C20H23N3O3S/c1-15-12-18(26-17-7-2-3-8-17)9-10-19(15)27(24,25)22-14-20-21-13-16-6-4-5-11-23(16)20/h4-6,9-13,17,22H,2-3,7-8,14H2,1H3. The molecule has 1 saturated carbocycles. The lowest BCUT2D eigenvalue weighted by atomic mass is 10.2. The first-order chi connectivity index (χ1) is 13.0. The van der Waals surface area contributed by atoms with Crippen molar-refractivity contribution in [3.8, 4) is 5.75 Å². The van der Waals surface area contributed by atoms with Gasteiger partial charge in [-0.2, -0.15) is 0 Å². The maximum Gasteiger partial charge on any atom is 0.241 e. The summed E-state index contributed by atoms with van der Waals surface area (Å²) in [6.07, 6.45) is 8.37. The van der Waals surface area contributed by atoms with Gasteiger partial charge >= 0.3 is 0 Å². The van der Waals surface area contributed by atoms with Crippen LogP contribution in [0.5, 0.6) is 5.75 Å². The third-order valence-electron chi connectivity index (χ3n) is 4.98. The van der Waals surface area contributed by atoms with Crippen molar-refractivity contribution in [3.63, 3.8) is 0 Å². The Balaban J connectivity index is 1.49.